The third-order valence-corrected chi connectivity index (χ3v) is 3.51. The van der Waals surface area contributed by atoms with Gasteiger partial charge in [-0.15, -0.1) is 0 Å². The van der Waals surface area contributed by atoms with Crippen molar-refractivity contribution in [2.45, 2.75) is 12.8 Å². The van der Waals surface area contributed by atoms with E-state index in [1.54, 1.807) is 12.1 Å². The van der Waals surface area contributed by atoms with E-state index in [1.165, 1.54) is 12.7 Å². The van der Waals surface area contributed by atoms with Crippen molar-refractivity contribution >= 4 is 12.1 Å². The minimum absolute atomic E-state index is 0.287. The fourth-order valence-corrected chi connectivity index (χ4v) is 2.65. The first-order valence-corrected chi connectivity index (χ1v) is 5.88. The summed E-state index contributed by atoms with van der Waals surface area (Å²) < 4.78 is 4.97. The Morgan fingerprint density at radius 2 is 2.41 bits per heavy atom. The fraction of sp³-hybridized carbons (Fsp3) is 0.385. The molecule has 1 N–H and O–H groups in total. The quantitative estimate of drug-likeness (QED) is 0.491. The van der Waals surface area contributed by atoms with E-state index in [9.17, 15) is 4.79 Å². The fourth-order valence-electron chi connectivity index (χ4n) is 2.65. The van der Waals surface area contributed by atoms with Crippen molar-refractivity contribution in [3.8, 4) is 0 Å². The van der Waals surface area contributed by atoms with Crippen molar-refractivity contribution in [2.24, 2.45) is 22.9 Å². The predicted molar refractivity (Wildman–Crippen MR) is 63.5 cm³/mol. The molecular formula is C13H14N2O2. The molecule has 1 heterocycles. The standard InChI is InChI=1S/C13H14N2O2/c16-13(12-2-1-5-17-12)15-14-8-11-7-9-3-4-10(11)6-9/h1-5,8-11H,6-7H2,(H,15,16)/b14-8+. The summed E-state index contributed by atoms with van der Waals surface area (Å²) in [6.45, 7) is 0. The molecule has 3 rings (SSSR count). The summed E-state index contributed by atoms with van der Waals surface area (Å²) in [6, 6.07) is 3.30. The van der Waals surface area contributed by atoms with Gasteiger partial charge in [-0.25, -0.2) is 5.43 Å². The Labute approximate surface area is 99.4 Å². The molecule has 1 aromatic heterocycles. The maximum atomic E-state index is 11.5. The van der Waals surface area contributed by atoms with Gasteiger partial charge in [-0.05, 0) is 36.8 Å². The second kappa shape index (κ2) is 4.20. The predicted octanol–water partition coefficient (Wildman–Crippen LogP) is 2.21. The van der Waals surface area contributed by atoms with E-state index in [0.29, 0.717) is 11.8 Å². The zero-order valence-corrected chi connectivity index (χ0v) is 9.37. The third kappa shape index (κ3) is 2.02. The van der Waals surface area contributed by atoms with E-state index in [2.05, 4.69) is 22.7 Å². The zero-order chi connectivity index (χ0) is 11.7. The number of hydrazone groups is 1. The molecule has 3 unspecified atom stereocenters. The summed E-state index contributed by atoms with van der Waals surface area (Å²) >= 11 is 0. The van der Waals surface area contributed by atoms with Gasteiger partial charge in [0.2, 0.25) is 0 Å². The first-order chi connectivity index (χ1) is 8.33. The van der Waals surface area contributed by atoms with Gasteiger partial charge < -0.3 is 4.42 Å². The van der Waals surface area contributed by atoms with Crippen LogP contribution in [-0.2, 0) is 0 Å². The first kappa shape index (κ1) is 10.3. The number of nitrogens with zero attached hydrogens (tertiary/aromatic N) is 1. The van der Waals surface area contributed by atoms with Gasteiger partial charge in [0, 0.05) is 12.1 Å². The van der Waals surface area contributed by atoms with Crippen LogP contribution in [-0.4, -0.2) is 12.1 Å². The van der Waals surface area contributed by atoms with E-state index in [4.69, 9.17) is 4.42 Å². The number of hydrogen-bond donors (Lipinski definition) is 1. The van der Waals surface area contributed by atoms with Crippen LogP contribution in [0.25, 0.3) is 0 Å². The summed E-state index contributed by atoms with van der Waals surface area (Å²) in [5.74, 6) is 1.79. The van der Waals surface area contributed by atoms with Gasteiger partial charge in [0.05, 0.1) is 6.26 Å². The van der Waals surface area contributed by atoms with E-state index >= 15 is 0 Å². The number of allylic oxidation sites excluding steroid dienone is 2. The monoisotopic (exact) mass is 230 g/mol. The average molecular weight is 230 g/mol. The molecular weight excluding hydrogens is 216 g/mol. The maximum absolute atomic E-state index is 11.5. The highest BCUT2D eigenvalue weighted by atomic mass is 16.3. The Bertz CT molecular complexity index is 462. The van der Waals surface area contributed by atoms with Gasteiger partial charge in [0.1, 0.15) is 0 Å². The molecule has 4 nitrogen and oxygen atoms in total. The van der Waals surface area contributed by atoms with Crippen LogP contribution in [0.2, 0.25) is 0 Å². The van der Waals surface area contributed by atoms with Crippen molar-refractivity contribution in [1.29, 1.82) is 0 Å². The summed E-state index contributed by atoms with van der Waals surface area (Å²) in [5, 5.41) is 4.01. The number of rotatable bonds is 3. The van der Waals surface area contributed by atoms with Crippen molar-refractivity contribution in [2.75, 3.05) is 0 Å². The Hall–Kier alpha value is -1.84. The highest BCUT2D eigenvalue weighted by Gasteiger charge is 2.34. The smallest absolute Gasteiger partial charge is 0.307 e. The molecule has 2 aliphatic carbocycles. The number of nitrogens with one attached hydrogen (secondary N) is 1. The molecule has 0 saturated heterocycles. The topological polar surface area (TPSA) is 54.6 Å². The van der Waals surface area contributed by atoms with Gasteiger partial charge in [0.15, 0.2) is 5.76 Å². The minimum atomic E-state index is -0.301. The number of hydrogen-bond acceptors (Lipinski definition) is 3. The lowest BCUT2D eigenvalue weighted by Gasteiger charge is -2.11. The normalized spacial score (nSPS) is 30.2. The van der Waals surface area contributed by atoms with E-state index < -0.39 is 0 Å². The second-order valence-corrected chi connectivity index (χ2v) is 4.64. The summed E-state index contributed by atoms with van der Waals surface area (Å²) in [6.07, 6.45) is 10.3. The Morgan fingerprint density at radius 3 is 3.06 bits per heavy atom. The van der Waals surface area contributed by atoms with Gasteiger partial charge in [-0.3, -0.25) is 4.79 Å². The Morgan fingerprint density at radius 1 is 1.47 bits per heavy atom. The Balaban J connectivity index is 1.55. The molecule has 0 radical (unpaired) electrons. The SMILES string of the molecule is O=C(N/N=C/C1CC2C=CC1C2)c1ccco1. The molecule has 2 bridgehead atoms. The molecule has 0 aromatic carbocycles. The summed E-state index contributed by atoms with van der Waals surface area (Å²) in [4.78, 5) is 11.5. The van der Waals surface area contributed by atoms with E-state index in [-0.39, 0.29) is 11.7 Å². The van der Waals surface area contributed by atoms with Crippen molar-refractivity contribution in [1.82, 2.24) is 5.43 Å². The minimum Gasteiger partial charge on any atom is -0.459 e. The number of carbonyl (C=O) groups excluding carboxylic acids is 1. The van der Waals surface area contributed by atoms with Crippen LogP contribution >= 0.6 is 0 Å². The molecule has 1 amide bonds. The molecule has 17 heavy (non-hydrogen) atoms. The van der Waals surface area contributed by atoms with Crippen molar-refractivity contribution in [3.63, 3.8) is 0 Å². The van der Waals surface area contributed by atoms with E-state index in [0.717, 1.165) is 12.3 Å². The number of amides is 1. The average Bonchev–Trinajstić information content (AvgIpc) is 3.06. The van der Waals surface area contributed by atoms with Crippen LogP contribution in [0.4, 0.5) is 0 Å². The lowest BCUT2D eigenvalue weighted by Crippen LogP contribution is -2.18. The van der Waals surface area contributed by atoms with Gasteiger partial charge in [-0.2, -0.15) is 5.10 Å². The number of furan rings is 1. The van der Waals surface area contributed by atoms with Gasteiger partial charge in [-0.1, -0.05) is 12.2 Å². The lowest BCUT2D eigenvalue weighted by atomic mass is 9.95. The molecule has 3 atom stereocenters. The number of carbonyl (C=O) groups is 1. The summed E-state index contributed by atoms with van der Waals surface area (Å²) in [7, 11) is 0. The van der Waals surface area contributed by atoms with Crippen LogP contribution in [0.5, 0.6) is 0 Å². The first-order valence-electron chi connectivity index (χ1n) is 5.88. The molecule has 1 saturated carbocycles. The lowest BCUT2D eigenvalue weighted by molar-refractivity contribution is 0.0927. The van der Waals surface area contributed by atoms with Crippen LogP contribution in [0, 0.1) is 17.8 Å². The molecule has 4 heteroatoms. The molecule has 2 aliphatic rings. The Kier molecular flexibility index (Phi) is 2.55. The highest BCUT2D eigenvalue weighted by molar-refractivity contribution is 5.91. The molecule has 1 fully saturated rings. The highest BCUT2D eigenvalue weighted by Crippen LogP contribution is 2.42. The molecule has 1 aromatic rings. The number of fused-ring (bicyclic) bond motifs is 2. The second-order valence-electron chi connectivity index (χ2n) is 4.64. The van der Waals surface area contributed by atoms with Crippen molar-refractivity contribution < 1.29 is 9.21 Å². The zero-order valence-electron chi connectivity index (χ0n) is 9.37. The van der Waals surface area contributed by atoms with Crippen LogP contribution in [0.1, 0.15) is 23.4 Å². The molecule has 0 spiro atoms. The molecule has 0 aliphatic heterocycles. The largest absolute Gasteiger partial charge is 0.459 e. The van der Waals surface area contributed by atoms with Crippen molar-refractivity contribution in [3.05, 3.63) is 36.3 Å². The molecule has 88 valence electrons. The van der Waals surface area contributed by atoms with Gasteiger partial charge >= 0.3 is 5.91 Å². The van der Waals surface area contributed by atoms with Gasteiger partial charge in [0.25, 0.3) is 0 Å². The van der Waals surface area contributed by atoms with Crippen LogP contribution in [0.3, 0.4) is 0 Å². The maximum Gasteiger partial charge on any atom is 0.307 e. The third-order valence-electron chi connectivity index (χ3n) is 3.51. The van der Waals surface area contributed by atoms with E-state index in [1.807, 2.05) is 6.21 Å². The van der Waals surface area contributed by atoms with Crippen LogP contribution < -0.4 is 5.43 Å². The van der Waals surface area contributed by atoms with Crippen LogP contribution in [0.15, 0.2) is 40.1 Å². The summed E-state index contributed by atoms with van der Waals surface area (Å²) in [5.41, 5.74) is 2.48.